The van der Waals surface area contributed by atoms with Crippen LogP contribution in [0.3, 0.4) is 0 Å². The second-order valence-corrected chi connectivity index (χ2v) is 5.21. The average Bonchev–Trinajstić information content (AvgIpc) is 2.88. The zero-order valence-electron chi connectivity index (χ0n) is 10.9. The van der Waals surface area contributed by atoms with Gasteiger partial charge >= 0.3 is 0 Å². The van der Waals surface area contributed by atoms with Gasteiger partial charge in [0.1, 0.15) is 5.75 Å². The number of aromatic hydroxyl groups is 1. The summed E-state index contributed by atoms with van der Waals surface area (Å²) in [5.74, 6) is 1.02. The van der Waals surface area contributed by atoms with Crippen molar-refractivity contribution in [1.82, 2.24) is 15.5 Å². The summed E-state index contributed by atoms with van der Waals surface area (Å²) in [6.45, 7) is 2.22. The summed E-state index contributed by atoms with van der Waals surface area (Å²) in [6.07, 6.45) is 5.33. The number of hydrogen-bond donors (Lipinski definition) is 3. The van der Waals surface area contributed by atoms with Gasteiger partial charge in [0.15, 0.2) is 0 Å². The normalized spacial score (nSPS) is 16.6. The van der Waals surface area contributed by atoms with Gasteiger partial charge in [0, 0.05) is 11.3 Å². The Morgan fingerprint density at radius 2 is 2.11 bits per heavy atom. The third-order valence-electron chi connectivity index (χ3n) is 3.83. The lowest BCUT2D eigenvalue weighted by molar-refractivity contribution is 0.370. The first-order valence-electron chi connectivity index (χ1n) is 6.85. The number of phenols is 1. The van der Waals surface area contributed by atoms with Gasteiger partial charge in [-0.3, -0.25) is 5.10 Å². The van der Waals surface area contributed by atoms with Crippen molar-refractivity contribution in [2.75, 3.05) is 13.1 Å². The van der Waals surface area contributed by atoms with E-state index >= 15 is 0 Å². The Labute approximate surface area is 112 Å². The van der Waals surface area contributed by atoms with Crippen LogP contribution in [0.2, 0.25) is 0 Å². The molecule has 0 atom stereocenters. The number of nitrogens with zero attached hydrogens (tertiary/aromatic N) is 1. The lowest BCUT2D eigenvalue weighted by Gasteiger charge is -2.22. The Morgan fingerprint density at radius 3 is 2.89 bits per heavy atom. The number of aromatic nitrogens is 2. The molecule has 1 aliphatic rings. The minimum atomic E-state index is 0.298. The highest BCUT2D eigenvalue weighted by Crippen LogP contribution is 2.28. The minimum Gasteiger partial charge on any atom is -0.508 e. The molecule has 1 aromatic carbocycles. The van der Waals surface area contributed by atoms with E-state index in [1.54, 1.807) is 12.1 Å². The number of benzene rings is 1. The van der Waals surface area contributed by atoms with E-state index in [0.717, 1.165) is 36.6 Å². The molecule has 4 heteroatoms. The highest BCUT2D eigenvalue weighted by atomic mass is 16.3. The molecule has 0 saturated carbocycles. The van der Waals surface area contributed by atoms with Crippen LogP contribution in [0.25, 0.3) is 11.1 Å². The van der Waals surface area contributed by atoms with Gasteiger partial charge in [-0.05, 0) is 56.0 Å². The van der Waals surface area contributed by atoms with E-state index in [0.29, 0.717) is 5.75 Å². The zero-order valence-corrected chi connectivity index (χ0v) is 10.9. The first kappa shape index (κ1) is 12.2. The van der Waals surface area contributed by atoms with Crippen LogP contribution in [-0.2, 0) is 6.42 Å². The Balaban J connectivity index is 1.81. The fourth-order valence-electron chi connectivity index (χ4n) is 2.77. The Hall–Kier alpha value is -1.81. The molecule has 4 nitrogen and oxygen atoms in total. The SMILES string of the molecule is Oc1cccc(-c2cn[nH]c2CC2CCNCC2)c1. The minimum absolute atomic E-state index is 0.298. The summed E-state index contributed by atoms with van der Waals surface area (Å²) in [5.41, 5.74) is 3.31. The van der Waals surface area contributed by atoms with Gasteiger partial charge in [-0.1, -0.05) is 12.1 Å². The fourth-order valence-corrected chi connectivity index (χ4v) is 2.77. The van der Waals surface area contributed by atoms with E-state index in [2.05, 4.69) is 15.5 Å². The first-order chi connectivity index (χ1) is 9.33. The van der Waals surface area contributed by atoms with Gasteiger partial charge in [0.05, 0.1) is 6.20 Å². The number of nitrogens with one attached hydrogen (secondary N) is 2. The van der Waals surface area contributed by atoms with Crippen LogP contribution in [0.15, 0.2) is 30.5 Å². The lowest BCUT2D eigenvalue weighted by Crippen LogP contribution is -2.28. The van der Waals surface area contributed by atoms with Gasteiger partial charge in [-0.15, -0.1) is 0 Å². The van der Waals surface area contributed by atoms with Crippen LogP contribution in [0.5, 0.6) is 5.75 Å². The summed E-state index contributed by atoms with van der Waals surface area (Å²) in [4.78, 5) is 0. The maximum atomic E-state index is 9.59. The molecule has 3 rings (SSSR count). The van der Waals surface area contributed by atoms with Crippen molar-refractivity contribution in [1.29, 1.82) is 0 Å². The summed E-state index contributed by atoms with van der Waals surface area (Å²) in [5, 5.41) is 20.3. The first-order valence-corrected chi connectivity index (χ1v) is 6.85. The Bertz CT molecular complexity index is 544. The van der Waals surface area contributed by atoms with Crippen LogP contribution in [0.4, 0.5) is 0 Å². The van der Waals surface area contributed by atoms with Gasteiger partial charge < -0.3 is 10.4 Å². The molecule has 3 N–H and O–H groups in total. The Morgan fingerprint density at radius 1 is 1.26 bits per heavy atom. The van der Waals surface area contributed by atoms with Crippen molar-refractivity contribution >= 4 is 0 Å². The predicted molar refractivity (Wildman–Crippen MR) is 75.0 cm³/mol. The molecular formula is C15H19N3O. The molecule has 0 bridgehead atoms. The largest absolute Gasteiger partial charge is 0.508 e. The van der Waals surface area contributed by atoms with Crippen LogP contribution in [-0.4, -0.2) is 28.4 Å². The molecule has 0 spiro atoms. The molecular weight excluding hydrogens is 238 g/mol. The predicted octanol–water partition coefficient (Wildman–Crippen LogP) is 2.32. The van der Waals surface area contributed by atoms with E-state index in [4.69, 9.17) is 0 Å². The highest BCUT2D eigenvalue weighted by Gasteiger charge is 2.17. The monoisotopic (exact) mass is 257 g/mol. The standard InChI is InChI=1S/C15H19N3O/c19-13-3-1-2-12(9-13)14-10-17-18-15(14)8-11-4-6-16-7-5-11/h1-3,9-11,16,19H,4-8H2,(H,17,18). The summed E-state index contributed by atoms with van der Waals surface area (Å²) < 4.78 is 0. The van der Waals surface area contributed by atoms with Crippen LogP contribution in [0.1, 0.15) is 18.5 Å². The van der Waals surface area contributed by atoms with Crippen LogP contribution < -0.4 is 5.32 Å². The molecule has 0 amide bonds. The lowest BCUT2D eigenvalue weighted by atomic mass is 9.91. The summed E-state index contributed by atoms with van der Waals surface area (Å²) in [6, 6.07) is 7.36. The molecule has 19 heavy (non-hydrogen) atoms. The summed E-state index contributed by atoms with van der Waals surface area (Å²) in [7, 11) is 0. The van der Waals surface area contributed by atoms with Crippen molar-refractivity contribution in [3.8, 4) is 16.9 Å². The molecule has 2 heterocycles. The molecule has 2 aromatic rings. The maximum Gasteiger partial charge on any atom is 0.116 e. The van der Waals surface area contributed by atoms with Gasteiger partial charge in [-0.2, -0.15) is 5.10 Å². The molecule has 1 fully saturated rings. The molecule has 1 saturated heterocycles. The molecule has 1 aliphatic heterocycles. The average molecular weight is 257 g/mol. The van der Waals surface area contributed by atoms with Crippen LogP contribution >= 0.6 is 0 Å². The third kappa shape index (κ3) is 2.79. The molecule has 0 radical (unpaired) electrons. The van der Waals surface area contributed by atoms with Gasteiger partial charge in [-0.25, -0.2) is 0 Å². The quantitative estimate of drug-likeness (QED) is 0.791. The number of aromatic amines is 1. The van der Waals surface area contributed by atoms with E-state index in [-0.39, 0.29) is 0 Å². The number of H-pyrrole nitrogens is 1. The van der Waals surface area contributed by atoms with Crippen molar-refractivity contribution in [2.24, 2.45) is 5.92 Å². The molecule has 0 aliphatic carbocycles. The maximum absolute atomic E-state index is 9.59. The summed E-state index contributed by atoms with van der Waals surface area (Å²) >= 11 is 0. The van der Waals surface area contributed by atoms with Crippen molar-refractivity contribution in [3.05, 3.63) is 36.2 Å². The van der Waals surface area contributed by atoms with E-state index < -0.39 is 0 Å². The second kappa shape index (κ2) is 5.45. The van der Waals surface area contributed by atoms with E-state index in [9.17, 15) is 5.11 Å². The highest BCUT2D eigenvalue weighted by molar-refractivity contribution is 5.66. The Kier molecular flexibility index (Phi) is 3.51. The van der Waals surface area contributed by atoms with Crippen LogP contribution in [0, 0.1) is 5.92 Å². The molecule has 100 valence electrons. The van der Waals surface area contributed by atoms with E-state index in [1.807, 2.05) is 18.3 Å². The van der Waals surface area contributed by atoms with Crippen molar-refractivity contribution in [2.45, 2.75) is 19.3 Å². The number of phenolic OH excluding ortho intramolecular Hbond substituents is 1. The topological polar surface area (TPSA) is 60.9 Å². The smallest absolute Gasteiger partial charge is 0.116 e. The number of piperidine rings is 1. The van der Waals surface area contributed by atoms with E-state index in [1.165, 1.54) is 18.5 Å². The second-order valence-electron chi connectivity index (χ2n) is 5.21. The van der Waals surface area contributed by atoms with Gasteiger partial charge in [0.25, 0.3) is 0 Å². The van der Waals surface area contributed by atoms with Crippen molar-refractivity contribution < 1.29 is 5.11 Å². The van der Waals surface area contributed by atoms with Gasteiger partial charge in [0.2, 0.25) is 0 Å². The number of rotatable bonds is 3. The third-order valence-corrected chi connectivity index (χ3v) is 3.83. The number of hydrogen-bond acceptors (Lipinski definition) is 3. The molecule has 0 unspecified atom stereocenters. The fraction of sp³-hybridized carbons (Fsp3) is 0.400. The van der Waals surface area contributed by atoms with Crippen molar-refractivity contribution in [3.63, 3.8) is 0 Å². The zero-order chi connectivity index (χ0) is 13.1. The molecule has 1 aromatic heterocycles.